The number of H-pyrrole nitrogens is 2. The van der Waals surface area contributed by atoms with E-state index in [-0.39, 0.29) is 18.7 Å². The Morgan fingerprint density at radius 1 is 0.738 bits per heavy atom. The van der Waals surface area contributed by atoms with Crippen LogP contribution in [0.1, 0.15) is 84.6 Å². The molecule has 0 fully saturated rings. The molecule has 8 bridgehead atoms. The zero-order chi connectivity index (χ0) is 30.3. The predicted molar refractivity (Wildman–Crippen MR) is 171 cm³/mol. The molecule has 0 aliphatic carbocycles. The maximum atomic E-state index is 11.7. The molecule has 1 amide bonds. The van der Waals surface area contributed by atoms with Crippen LogP contribution in [-0.4, -0.2) is 36.9 Å². The molecule has 2 aliphatic rings. The van der Waals surface area contributed by atoms with Gasteiger partial charge in [-0.2, -0.15) is 0 Å². The van der Waals surface area contributed by atoms with Crippen molar-refractivity contribution in [3.63, 3.8) is 0 Å². The Labute approximate surface area is 244 Å². The third-order valence-electron chi connectivity index (χ3n) is 8.25. The summed E-state index contributed by atoms with van der Waals surface area (Å²) in [6, 6.07) is 7.98. The Kier molecular flexibility index (Phi) is 7.56. The first-order chi connectivity index (χ1) is 20.0. The lowest BCUT2D eigenvalue weighted by molar-refractivity contribution is -0.136. The summed E-state index contributed by atoms with van der Waals surface area (Å²) < 4.78 is 0. The molecule has 0 spiro atoms. The summed E-state index contributed by atoms with van der Waals surface area (Å²) in [6.45, 7) is 16.2. The number of nitrogens with one attached hydrogen (secondary N) is 2. The van der Waals surface area contributed by atoms with Gasteiger partial charge in [0.25, 0.3) is 0 Å². The van der Waals surface area contributed by atoms with E-state index in [9.17, 15) is 14.7 Å². The van der Waals surface area contributed by atoms with E-state index in [4.69, 9.17) is 15.7 Å². The number of carbonyl (C=O) groups excluding carboxylic acids is 1. The number of carboxylic acids is 1. The topological polar surface area (TPSA) is 138 Å². The largest absolute Gasteiger partial charge is 0.481 e. The molecule has 5 N–H and O–H groups in total. The van der Waals surface area contributed by atoms with Gasteiger partial charge in [0.2, 0.25) is 5.91 Å². The van der Waals surface area contributed by atoms with Crippen LogP contribution in [-0.2, 0) is 9.59 Å². The molecule has 5 heterocycles. The molecule has 42 heavy (non-hydrogen) atoms. The lowest BCUT2D eigenvalue weighted by atomic mass is 9.98. The highest BCUT2D eigenvalue weighted by Crippen LogP contribution is 2.38. The predicted octanol–water partition coefficient (Wildman–Crippen LogP) is 7.21. The van der Waals surface area contributed by atoms with Crippen LogP contribution in [0.2, 0.25) is 0 Å². The number of primary amides is 1. The molecular formula is C34H35N5O3. The number of nitrogens with zero attached hydrogens (tertiary/aromatic N) is 2. The Hall–Kier alpha value is -4.98. The normalized spacial score (nSPS) is 13.0. The van der Waals surface area contributed by atoms with Crippen LogP contribution >= 0.6 is 0 Å². The summed E-state index contributed by atoms with van der Waals surface area (Å²) >= 11 is 0. The van der Waals surface area contributed by atoms with Gasteiger partial charge in [0.05, 0.1) is 22.8 Å². The first-order valence-electron chi connectivity index (χ1n) is 13.9. The Morgan fingerprint density at radius 2 is 1.19 bits per heavy atom. The lowest BCUT2D eigenvalue weighted by Gasteiger charge is -2.05. The first kappa shape index (κ1) is 28.5. The smallest absolute Gasteiger partial charge is 0.303 e. The number of rotatable bonds is 8. The number of aliphatic carboxylic acids is 1. The molecule has 0 aromatic carbocycles. The Bertz CT molecular complexity index is 1920. The molecule has 2 aliphatic heterocycles. The number of nitrogens with two attached hydrogens (primary N) is 1. The summed E-state index contributed by atoms with van der Waals surface area (Å²) in [5.74, 6) is -1.26. The molecule has 8 nitrogen and oxygen atoms in total. The quantitative estimate of drug-likeness (QED) is 0.230. The van der Waals surface area contributed by atoms with Crippen molar-refractivity contribution in [3.8, 4) is 0 Å². The molecule has 214 valence electrons. The fourth-order valence-corrected chi connectivity index (χ4v) is 5.78. The van der Waals surface area contributed by atoms with Crippen LogP contribution in [0.4, 0.5) is 0 Å². The van der Waals surface area contributed by atoms with E-state index >= 15 is 0 Å². The minimum Gasteiger partial charge on any atom is -0.481 e. The number of amides is 1. The third-order valence-corrected chi connectivity index (χ3v) is 8.25. The van der Waals surface area contributed by atoms with Gasteiger partial charge in [0.15, 0.2) is 0 Å². The standard InChI is InChI=1S/C34H35N5O3/c1-7-21-17(3)25-13-26-19(5)23(9-11-33(35)40)31(38-26)16-32-24(10-12-34(41)42)20(6)28(39-32)15-30-22(8-2)18(4)27(37-30)14-29(21)36-25/h7-8,13-16,36-37H,1-2,9-12H2,3-6H3,(H2,35,40)(H,41,42). The van der Waals surface area contributed by atoms with Gasteiger partial charge in [-0.1, -0.05) is 25.3 Å². The van der Waals surface area contributed by atoms with Gasteiger partial charge < -0.3 is 20.8 Å². The summed E-state index contributed by atoms with van der Waals surface area (Å²) in [5.41, 5.74) is 19.7. The number of carboxylic acid groups (broad SMARTS) is 1. The summed E-state index contributed by atoms with van der Waals surface area (Å²) in [6.07, 6.45) is 4.61. The van der Waals surface area contributed by atoms with Gasteiger partial charge in [-0.05, 0) is 98.2 Å². The molecule has 0 unspecified atom stereocenters. The Balaban J connectivity index is 1.93. The number of fused-ring (bicyclic) bond motifs is 8. The van der Waals surface area contributed by atoms with E-state index < -0.39 is 5.97 Å². The van der Waals surface area contributed by atoms with Gasteiger partial charge in [-0.15, -0.1) is 0 Å². The highest BCUT2D eigenvalue weighted by Gasteiger charge is 2.22. The van der Waals surface area contributed by atoms with Crippen LogP contribution in [0, 0.1) is 13.8 Å². The van der Waals surface area contributed by atoms with Crippen LogP contribution in [0.15, 0.2) is 37.4 Å². The SMILES string of the molecule is C=Cc1c(C)c2cc3[nH]c(cc4nc(cc5nc(cc1[nH]2)C(C)=C5CCC(=O)O)C(CCC(N)=O)=C4C)c(C)c3C=C. The number of aryl methyl sites for hydroxylation is 2. The van der Waals surface area contributed by atoms with Crippen LogP contribution in [0.5, 0.6) is 0 Å². The van der Waals surface area contributed by atoms with Crippen molar-refractivity contribution in [2.75, 3.05) is 0 Å². The number of allylic oxidation sites excluding steroid dienone is 4. The van der Waals surface area contributed by atoms with Gasteiger partial charge in [-0.3, -0.25) is 9.59 Å². The number of hydrogen-bond acceptors (Lipinski definition) is 4. The van der Waals surface area contributed by atoms with Crippen molar-refractivity contribution in [1.29, 1.82) is 0 Å². The fourth-order valence-electron chi connectivity index (χ4n) is 5.78. The van der Waals surface area contributed by atoms with Crippen molar-refractivity contribution in [2.45, 2.75) is 53.4 Å². The van der Waals surface area contributed by atoms with E-state index in [1.807, 2.05) is 51.1 Å². The lowest BCUT2D eigenvalue weighted by Crippen LogP contribution is -2.09. The number of carbonyl (C=O) groups is 2. The van der Waals surface area contributed by atoms with Gasteiger partial charge in [-0.25, -0.2) is 9.97 Å². The van der Waals surface area contributed by atoms with Gasteiger partial charge in [0, 0.05) is 46.0 Å². The fraction of sp³-hybridized carbons (Fsp3) is 0.235. The molecule has 5 rings (SSSR count). The molecule has 0 radical (unpaired) electrons. The average Bonchev–Trinajstić information content (AvgIpc) is 3.59. The molecular weight excluding hydrogens is 526 g/mol. The monoisotopic (exact) mass is 561 g/mol. The van der Waals surface area contributed by atoms with E-state index in [0.29, 0.717) is 24.2 Å². The third kappa shape index (κ3) is 5.11. The second kappa shape index (κ2) is 11.1. The van der Waals surface area contributed by atoms with Crippen molar-refractivity contribution in [2.24, 2.45) is 5.73 Å². The van der Waals surface area contributed by atoms with E-state index in [2.05, 4.69) is 36.1 Å². The van der Waals surface area contributed by atoms with Crippen LogP contribution in [0.25, 0.3) is 56.5 Å². The number of aromatic nitrogens is 4. The van der Waals surface area contributed by atoms with Crippen LogP contribution < -0.4 is 5.73 Å². The van der Waals surface area contributed by atoms with Gasteiger partial charge in [0.1, 0.15) is 0 Å². The first-order valence-corrected chi connectivity index (χ1v) is 13.9. The van der Waals surface area contributed by atoms with Crippen molar-refractivity contribution in [1.82, 2.24) is 19.9 Å². The van der Waals surface area contributed by atoms with E-state index in [1.54, 1.807) is 0 Å². The van der Waals surface area contributed by atoms with Crippen molar-refractivity contribution in [3.05, 3.63) is 82.5 Å². The van der Waals surface area contributed by atoms with E-state index in [0.717, 1.165) is 78.0 Å². The second-order valence-corrected chi connectivity index (χ2v) is 10.8. The van der Waals surface area contributed by atoms with Crippen molar-refractivity contribution < 1.29 is 14.7 Å². The summed E-state index contributed by atoms with van der Waals surface area (Å²) in [7, 11) is 0. The molecule has 0 saturated carbocycles. The average molecular weight is 562 g/mol. The Morgan fingerprint density at radius 3 is 1.67 bits per heavy atom. The van der Waals surface area contributed by atoms with Crippen molar-refractivity contribution >= 4 is 68.4 Å². The molecule has 3 aromatic heterocycles. The molecule has 0 atom stereocenters. The minimum absolute atomic E-state index is 0.0215. The minimum atomic E-state index is -0.875. The second-order valence-electron chi connectivity index (χ2n) is 10.8. The maximum Gasteiger partial charge on any atom is 0.303 e. The molecule has 8 heteroatoms. The molecule has 0 saturated heterocycles. The highest BCUT2D eigenvalue weighted by atomic mass is 16.4. The van der Waals surface area contributed by atoms with Crippen LogP contribution in [0.3, 0.4) is 0 Å². The van der Waals surface area contributed by atoms with Gasteiger partial charge >= 0.3 is 5.97 Å². The highest BCUT2D eigenvalue weighted by molar-refractivity contribution is 5.97. The molecule has 3 aromatic rings. The zero-order valence-corrected chi connectivity index (χ0v) is 24.4. The zero-order valence-electron chi connectivity index (χ0n) is 24.4. The maximum absolute atomic E-state index is 11.7. The number of aromatic amines is 2. The van der Waals surface area contributed by atoms with E-state index in [1.165, 1.54) is 0 Å². The number of hydrogen-bond donors (Lipinski definition) is 4. The summed E-state index contributed by atoms with van der Waals surface area (Å²) in [5, 5.41) is 9.46. The summed E-state index contributed by atoms with van der Waals surface area (Å²) in [4.78, 5) is 40.4.